The average molecular weight is 407 g/mol. The molecule has 0 saturated heterocycles. The second kappa shape index (κ2) is 5.92. The second-order valence-electron chi connectivity index (χ2n) is 3.16. The van der Waals surface area contributed by atoms with Crippen LogP contribution in [0.3, 0.4) is 0 Å². The van der Waals surface area contributed by atoms with Crippen LogP contribution in [0.5, 0.6) is 0 Å². The van der Waals surface area contributed by atoms with Crippen LogP contribution in [-0.2, 0) is 19.8 Å². The number of hydrogen-bond acceptors (Lipinski definition) is 2. The van der Waals surface area contributed by atoms with Crippen LogP contribution >= 0.6 is 23.2 Å². The Morgan fingerprint density at radius 3 is 1.85 bits per heavy atom. The fourth-order valence-corrected chi connectivity index (χ4v) is 3.26. The van der Waals surface area contributed by atoms with E-state index in [2.05, 4.69) is 26.7 Å². The van der Waals surface area contributed by atoms with E-state index in [-0.39, 0.29) is 16.3 Å². The minimum absolute atomic E-state index is 0.0494. The number of rotatable bonds is 5. The molecular formula is C8H17Cl2N2Pt. The predicted molar refractivity (Wildman–Crippen MR) is 54.2 cm³/mol. The molecule has 0 aliphatic carbocycles. The van der Waals surface area contributed by atoms with Gasteiger partial charge in [-0.3, -0.25) is 0 Å². The minimum atomic E-state index is -1.17. The van der Waals surface area contributed by atoms with Gasteiger partial charge in [-0.15, -0.1) is 0 Å². The molecule has 83 valence electrons. The van der Waals surface area contributed by atoms with Crippen molar-refractivity contribution in [3.8, 4) is 0 Å². The molecule has 0 amide bonds. The summed E-state index contributed by atoms with van der Waals surface area (Å²) in [6, 6.07) is 0. The topological polar surface area (TPSA) is 52.0 Å². The van der Waals surface area contributed by atoms with Crippen molar-refractivity contribution < 1.29 is 19.8 Å². The molecule has 0 saturated carbocycles. The molecule has 0 bridgehead atoms. The maximum atomic E-state index is 5.90. The standard InChI is InChI=1S/C8H17Cl2N2.Pt/c1-3-6(5-11)7(4-2)8(9,10)12;/h5-7H,3-4,11-12H2,1-2H3;. The molecule has 0 aromatic rings. The van der Waals surface area contributed by atoms with Gasteiger partial charge in [0.2, 0.25) is 0 Å². The Morgan fingerprint density at radius 2 is 1.77 bits per heavy atom. The third-order valence-electron chi connectivity index (χ3n) is 2.31. The van der Waals surface area contributed by atoms with E-state index in [4.69, 9.17) is 34.7 Å². The molecule has 13 heavy (non-hydrogen) atoms. The molecule has 4 N–H and O–H groups in total. The van der Waals surface area contributed by atoms with Crippen molar-refractivity contribution in [2.24, 2.45) is 23.3 Å². The monoisotopic (exact) mass is 406 g/mol. The molecule has 0 spiro atoms. The second-order valence-corrected chi connectivity index (χ2v) is 6.12. The van der Waals surface area contributed by atoms with Crippen LogP contribution in [0.1, 0.15) is 26.7 Å². The Labute approximate surface area is 102 Å². The fraction of sp³-hybridized carbons (Fsp3) is 1.00. The number of hydrogen-bond donors (Lipinski definition) is 2. The summed E-state index contributed by atoms with van der Waals surface area (Å²) in [5.74, 6) is 0.319. The van der Waals surface area contributed by atoms with Gasteiger partial charge in [-0.05, 0) is 0 Å². The van der Waals surface area contributed by atoms with Gasteiger partial charge >= 0.3 is 102 Å². The molecular weight excluding hydrogens is 390 g/mol. The molecule has 0 aromatic carbocycles. The van der Waals surface area contributed by atoms with Crippen LogP contribution in [0.15, 0.2) is 0 Å². The molecule has 0 aromatic heterocycles. The Morgan fingerprint density at radius 1 is 1.31 bits per heavy atom. The van der Waals surface area contributed by atoms with Crippen molar-refractivity contribution in [3.63, 3.8) is 0 Å². The van der Waals surface area contributed by atoms with E-state index in [1.165, 1.54) is 0 Å². The van der Waals surface area contributed by atoms with E-state index in [1.807, 2.05) is 6.92 Å². The summed E-state index contributed by atoms with van der Waals surface area (Å²) in [5, 5.41) is 0. The Bertz CT molecular complexity index is 148. The van der Waals surface area contributed by atoms with Crippen molar-refractivity contribution in [3.05, 3.63) is 0 Å². The van der Waals surface area contributed by atoms with E-state index in [1.54, 1.807) is 0 Å². The van der Waals surface area contributed by atoms with Gasteiger partial charge in [0.05, 0.1) is 0 Å². The average Bonchev–Trinajstić information content (AvgIpc) is 1.96. The molecule has 0 aliphatic heterocycles. The fourth-order valence-electron chi connectivity index (χ4n) is 1.56. The molecule has 3 unspecified atom stereocenters. The molecule has 3 atom stereocenters. The van der Waals surface area contributed by atoms with Crippen LogP contribution in [0.25, 0.3) is 0 Å². The van der Waals surface area contributed by atoms with Gasteiger partial charge < -0.3 is 0 Å². The van der Waals surface area contributed by atoms with E-state index in [9.17, 15) is 0 Å². The number of halogens is 2. The Hall–Kier alpha value is 1.19. The first kappa shape index (κ1) is 14.2. The van der Waals surface area contributed by atoms with E-state index >= 15 is 0 Å². The molecule has 0 rings (SSSR count). The molecule has 0 fully saturated rings. The van der Waals surface area contributed by atoms with Crippen LogP contribution in [0.2, 0.25) is 0 Å². The third kappa shape index (κ3) is 4.48. The quantitative estimate of drug-likeness (QED) is 0.541. The molecule has 5 heteroatoms. The van der Waals surface area contributed by atoms with Gasteiger partial charge in [0.15, 0.2) is 0 Å². The van der Waals surface area contributed by atoms with E-state index in [0.29, 0.717) is 0 Å². The molecule has 2 nitrogen and oxygen atoms in total. The first-order valence-electron chi connectivity index (χ1n) is 4.37. The van der Waals surface area contributed by atoms with Crippen LogP contribution in [0, 0.1) is 11.8 Å². The zero-order valence-corrected chi connectivity index (χ0v) is 11.7. The SMILES string of the molecule is CCC([CH](N)[Pt])C(CC)C(N)(Cl)Cl. The van der Waals surface area contributed by atoms with Gasteiger partial charge in [0.25, 0.3) is 0 Å². The number of alkyl halides is 2. The van der Waals surface area contributed by atoms with E-state index < -0.39 is 4.46 Å². The first-order valence-corrected chi connectivity index (χ1v) is 6.44. The normalized spacial score (nSPS) is 19.7. The van der Waals surface area contributed by atoms with Crippen LogP contribution in [-0.4, -0.2) is 8.89 Å². The predicted octanol–water partition coefficient (Wildman–Crippen LogP) is 1.96. The summed E-state index contributed by atoms with van der Waals surface area (Å²) in [6.45, 7) is 4.10. The summed E-state index contributed by atoms with van der Waals surface area (Å²) in [7, 11) is 0. The van der Waals surface area contributed by atoms with Crippen molar-refractivity contribution in [2.45, 2.75) is 35.6 Å². The van der Waals surface area contributed by atoms with Gasteiger partial charge in [-0.2, -0.15) is 0 Å². The number of nitrogens with two attached hydrogens (primary N) is 2. The molecule has 0 aliphatic rings. The van der Waals surface area contributed by atoms with Crippen LogP contribution < -0.4 is 11.5 Å². The summed E-state index contributed by atoms with van der Waals surface area (Å²) in [4.78, 5) is 0. The van der Waals surface area contributed by atoms with E-state index in [0.717, 1.165) is 12.8 Å². The van der Waals surface area contributed by atoms with Crippen molar-refractivity contribution >= 4 is 23.2 Å². The summed E-state index contributed by atoms with van der Waals surface area (Å²) in [5.41, 5.74) is 11.5. The molecule has 0 heterocycles. The van der Waals surface area contributed by atoms with Gasteiger partial charge in [-0.1, -0.05) is 0 Å². The van der Waals surface area contributed by atoms with Gasteiger partial charge in [0.1, 0.15) is 0 Å². The van der Waals surface area contributed by atoms with Crippen LogP contribution in [0.4, 0.5) is 0 Å². The Kier molecular flexibility index (Phi) is 6.46. The maximum absolute atomic E-state index is 5.90. The summed E-state index contributed by atoms with van der Waals surface area (Å²) >= 11 is 14.0. The van der Waals surface area contributed by atoms with Crippen molar-refractivity contribution in [1.82, 2.24) is 0 Å². The summed E-state index contributed by atoms with van der Waals surface area (Å²) in [6.07, 6.45) is 1.79. The van der Waals surface area contributed by atoms with Crippen molar-refractivity contribution in [1.29, 1.82) is 0 Å². The third-order valence-corrected chi connectivity index (χ3v) is 3.84. The van der Waals surface area contributed by atoms with Crippen molar-refractivity contribution in [2.75, 3.05) is 0 Å². The molecule has 0 radical (unpaired) electrons. The van der Waals surface area contributed by atoms with Gasteiger partial charge in [0, 0.05) is 0 Å². The first-order chi connectivity index (χ1) is 5.84. The summed E-state index contributed by atoms with van der Waals surface area (Å²) < 4.78 is -1.12. The van der Waals surface area contributed by atoms with Gasteiger partial charge in [-0.25, -0.2) is 0 Å². The Balaban J connectivity index is 4.53. The zero-order chi connectivity index (χ0) is 10.6. The zero-order valence-electron chi connectivity index (χ0n) is 7.87.